The molecule has 1 aromatic heterocycles. The number of sulfonamides is 1. The number of aliphatic hydroxyl groups is 4. The van der Waals surface area contributed by atoms with Crippen LogP contribution in [-0.2, 0) is 14.8 Å². The van der Waals surface area contributed by atoms with Gasteiger partial charge in [-0.2, -0.15) is 0 Å². The van der Waals surface area contributed by atoms with E-state index in [2.05, 4.69) is 15.3 Å². The summed E-state index contributed by atoms with van der Waals surface area (Å²) < 4.78 is 29.2. The monoisotopic (exact) mass is 628 g/mol. The summed E-state index contributed by atoms with van der Waals surface area (Å²) >= 11 is 0. The zero-order valence-electron chi connectivity index (χ0n) is 22.5. The minimum absolute atomic E-state index is 0.0264. The maximum Gasteiger partial charge on any atom is 0.251 e. The van der Waals surface area contributed by atoms with Crippen molar-refractivity contribution >= 4 is 32.8 Å². The fourth-order valence-corrected chi connectivity index (χ4v) is 5.39. The standard InChI is InChI=1S/C27H28N6O10S/c28-24(29)10-1-3-16-17(7-10)32-25(31-16)15-6-11(26(39)33-20-23(38)22(37)19(9-34)43-27(20)40)5-14(21(15)36)13-8-12(44(30,41)42)2-4-18(13)35/h1-8,19-20,22-23,27,34-38,40H,9H2,(H3,28,29)(H,31,32)(H,33,39)(H2,30,41,42). The molecule has 13 N–H and O–H groups in total. The molecule has 1 aliphatic rings. The second-order valence-electron chi connectivity index (χ2n) is 10.1. The largest absolute Gasteiger partial charge is 0.507 e. The first kappa shape index (κ1) is 30.8. The molecule has 1 fully saturated rings. The number of carbonyl (C=O) groups excluding carboxylic acids is 1. The number of fused-ring (bicyclic) bond motifs is 1. The molecule has 0 saturated carbocycles. The molecule has 1 aliphatic heterocycles. The van der Waals surface area contributed by atoms with Crippen molar-refractivity contribution in [2.75, 3.05) is 6.61 Å². The van der Waals surface area contributed by atoms with Crippen LogP contribution in [0.5, 0.6) is 11.5 Å². The number of primary sulfonamides is 1. The summed E-state index contributed by atoms with van der Waals surface area (Å²) in [6, 6.07) is 8.52. The van der Waals surface area contributed by atoms with Crippen LogP contribution in [0.1, 0.15) is 15.9 Å². The van der Waals surface area contributed by atoms with E-state index in [1.807, 2.05) is 0 Å². The van der Waals surface area contributed by atoms with Crippen LogP contribution in [0.25, 0.3) is 33.5 Å². The number of hydrogen-bond donors (Lipinski definition) is 11. The minimum Gasteiger partial charge on any atom is -0.507 e. The van der Waals surface area contributed by atoms with E-state index >= 15 is 0 Å². The molecular formula is C27H28N6O10S. The van der Waals surface area contributed by atoms with Gasteiger partial charge in [-0.1, -0.05) is 0 Å². The second-order valence-corrected chi connectivity index (χ2v) is 11.7. The van der Waals surface area contributed by atoms with Gasteiger partial charge in [0.15, 0.2) is 6.29 Å². The van der Waals surface area contributed by atoms with Crippen molar-refractivity contribution in [3.63, 3.8) is 0 Å². The van der Waals surface area contributed by atoms with Crippen LogP contribution in [0.15, 0.2) is 53.4 Å². The number of phenolic OH excluding ortho intramolecular Hbond substituents is 2. The number of aromatic nitrogens is 2. The topological polar surface area (TPSA) is 298 Å². The normalized spacial score (nSPS) is 22.2. The lowest BCUT2D eigenvalue weighted by Crippen LogP contribution is -2.64. The van der Waals surface area contributed by atoms with Gasteiger partial charge in [0.25, 0.3) is 5.91 Å². The van der Waals surface area contributed by atoms with Crippen molar-refractivity contribution in [1.82, 2.24) is 15.3 Å². The molecule has 0 radical (unpaired) electrons. The SMILES string of the molecule is N=C(N)c1ccc2[nH]c(-c3cc(C(=O)NC4C(O)OC(CO)C(O)C4O)cc(-c4cc(S(N)(=O)=O)ccc4O)c3O)nc2c1. The van der Waals surface area contributed by atoms with Crippen molar-refractivity contribution in [3.8, 4) is 34.0 Å². The smallest absolute Gasteiger partial charge is 0.251 e. The van der Waals surface area contributed by atoms with Crippen LogP contribution >= 0.6 is 0 Å². The Kier molecular flexibility index (Phi) is 8.03. The number of nitrogens with one attached hydrogen (secondary N) is 3. The first-order chi connectivity index (χ1) is 20.7. The molecule has 0 aliphatic carbocycles. The third kappa shape index (κ3) is 5.67. The number of aromatic hydroxyl groups is 2. The third-order valence-corrected chi connectivity index (χ3v) is 8.12. The number of phenols is 2. The molecule has 1 saturated heterocycles. The number of nitrogens with two attached hydrogens (primary N) is 2. The first-order valence-electron chi connectivity index (χ1n) is 12.9. The molecule has 3 aromatic carbocycles. The molecule has 4 aromatic rings. The van der Waals surface area contributed by atoms with Gasteiger partial charge < -0.3 is 51.4 Å². The number of H-pyrrole nitrogens is 1. The summed E-state index contributed by atoms with van der Waals surface area (Å²) in [6.45, 7) is -0.715. The van der Waals surface area contributed by atoms with Crippen LogP contribution in [0, 0.1) is 5.41 Å². The van der Waals surface area contributed by atoms with Crippen LogP contribution in [0.4, 0.5) is 0 Å². The summed E-state index contributed by atoms with van der Waals surface area (Å²) in [4.78, 5) is 20.5. The first-order valence-corrected chi connectivity index (χ1v) is 14.4. The van der Waals surface area contributed by atoms with Gasteiger partial charge >= 0.3 is 0 Å². The van der Waals surface area contributed by atoms with E-state index in [0.717, 1.165) is 24.3 Å². The van der Waals surface area contributed by atoms with Crippen LogP contribution in [-0.4, -0.2) is 98.0 Å². The number of nitrogen functional groups attached to an aromatic ring is 1. The summed E-state index contributed by atoms with van der Waals surface area (Å²) in [6.07, 6.45) is -6.55. The van der Waals surface area contributed by atoms with E-state index in [4.69, 9.17) is 21.0 Å². The van der Waals surface area contributed by atoms with E-state index in [9.17, 15) is 43.9 Å². The quantitative estimate of drug-likeness (QED) is 0.0847. The predicted octanol–water partition coefficient (Wildman–Crippen LogP) is -1.23. The summed E-state index contributed by atoms with van der Waals surface area (Å²) in [5, 5.41) is 77.7. The molecule has 5 unspecified atom stereocenters. The number of imidazole rings is 1. The molecule has 5 atom stereocenters. The highest BCUT2D eigenvalue weighted by Gasteiger charge is 2.44. The maximum absolute atomic E-state index is 13.5. The molecule has 2 heterocycles. The number of aromatic amines is 1. The number of aliphatic hydroxyl groups excluding tert-OH is 4. The molecule has 1 amide bonds. The molecule has 232 valence electrons. The van der Waals surface area contributed by atoms with Gasteiger partial charge in [-0.3, -0.25) is 10.2 Å². The Morgan fingerprint density at radius 1 is 1.00 bits per heavy atom. The molecule has 5 rings (SSSR count). The van der Waals surface area contributed by atoms with E-state index < -0.39 is 69.6 Å². The molecule has 44 heavy (non-hydrogen) atoms. The fraction of sp³-hybridized carbons (Fsp3) is 0.222. The highest BCUT2D eigenvalue weighted by atomic mass is 32.2. The Balaban J connectivity index is 1.66. The summed E-state index contributed by atoms with van der Waals surface area (Å²) in [5.41, 5.74) is 6.01. The Morgan fingerprint density at radius 3 is 2.36 bits per heavy atom. The molecular weight excluding hydrogens is 600 g/mol. The second kappa shape index (κ2) is 11.5. The van der Waals surface area contributed by atoms with Gasteiger partial charge in [-0.05, 0) is 48.5 Å². The number of ether oxygens (including phenoxy) is 1. The van der Waals surface area contributed by atoms with Crippen LogP contribution in [0.2, 0.25) is 0 Å². The van der Waals surface area contributed by atoms with Gasteiger partial charge in [-0.15, -0.1) is 0 Å². The number of nitrogens with zero attached hydrogens (tertiary/aromatic N) is 1. The Bertz CT molecular complexity index is 1900. The van der Waals surface area contributed by atoms with Crippen molar-refractivity contribution in [2.24, 2.45) is 10.9 Å². The molecule has 17 heteroatoms. The number of benzene rings is 3. The highest BCUT2D eigenvalue weighted by molar-refractivity contribution is 7.89. The van der Waals surface area contributed by atoms with Gasteiger partial charge in [0.2, 0.25) is 10.0 Å². The Morgan fingerprint density at radius 2 is 1.70 bits per heavy atom. The van der Waals surface area contributed by atoms with E-state index in [-0.39, 0.29) is 33.9 Å². The summed E-state index contributed by atoms with van der Waals surface area (Å²) in [7, 11) is -4.25. The Hall–Kier alpha value is -4.62. The minimum atomic E-state index is -4.25. The van der Waals surface area contributed by atoms with Gasteiger partial charge in [0, 0.05) is 22.3 Å². The number of amidine groups is 1. The van der Waals surface area contributed by atoms with Gasteiger partial charge in [0.05, 0.1) is 28.1 Å². The van der Waals surface area contributed by atoms with Crippen molar-refractivity contribution in [3.05, 3.63) is 59.7 Å². The molecule has 0 spiro atoms. The average Bonchev–Trinajstić information content (AvgIpc) is 3.40. The number of hydrogen-bond acceptors (Lipinski definition) is 12. The lowest BCUT2D eigenvalue weighted by Gasteiger charge is -2.40. The molecule has 0 bridgehead atoms. The highest BCUT2D eigenvalue weighted by Crippen LogP contribution is 2.43. The average molecular weight is 629 g/mol. The lowest BCUT2D eigenvalue weighted by atomic mass is 9.95. The van der Waals surface area contributed by atoms with Crippen molar-refractivity contribution < 1.29 is 48.6 Å². The zero-order chi connectivity index (χ0) is 32.1. The van der Waals surface area contributed by atoms with Crippen LogP contribution in [0.3, 0.4) is 0 Å². The van der Waals surface area contributed by atoms with E-state index in [0.29, 0.717) is 16.6 Å². The summed E-state index contributed by atoms with van der Waals surface area (Å²) in [5.74, 6) is -2.14. The number of rotatable bonds is 7. The van der Waals surface area contributed by atoms with Gasteiger partial charge in [-0.25, -0.2) is 18.5 Å². The fourth-order valence-electron chi connectivity index (χ4n) is 4.85. The van der Waals surface area contributed by atoms with E-state index in [1.165, 1.54) is 12.1 Å². The zero-order valence-corrected chi connectivity index (χ0v) is 23.4. The maximum atomic E-state index is 13.5. The van der Waals surface area contributed by atoms with Gasteiger partial charge in [0.1, 0.15) is 47.5 Å². The van der Waals surface area contributed by atoms with E-state index in [1.54, 1.807) is 12.1 Å². The number of carbonyl (C=O) groups is 1. The van der Waals surface area contributed by atoms with Crippen molar-refractivity contribution in [2.45, 2.75) is 35.5 Å². The van der Waals surface area contributed by atoms with Crippen molar-refractivity contribution in [1.29, 1.82) is 5.41 Å². The third-order valence-electron chi connectivity index (χ3n) is 7.21. The predicted molar refractivity (Wildman–Crippen MR) is 154 cm³/mol. The Labute approximate surface area is 248 Å². The lowest BCUT2D eigenvalue weighted by molar-refractivity contribution is -0.252. The van der Waals surface area contributed by atoms with Crippen LogP contribution < -0.4 is 16.2 Å². The molecule has 16 nitrogen and oxygen atoms in total. The number of amides is 1.